The van der Waals surface area contributed by atoms with Gasteiger partial charge in [0.05, 0.1) is 0 Å². The van der Waals surface area contributed by atoms with Crippen LogP contribution in [-0.2, 0) is 0 Å². The first-order chi connectivity index (χ1) is 9.26. The minimum atomic E-state index is 0.633. The summed E-state index contributed by atoms with van der Waals surface area (Å²) in [6.45, 7) is 6.95. The Morgan fingerprint density at radius 3 is 2.47 bits per heavy atom. The molecule has 0 heterocycles. The van der Waals surface area contributed by atoms with Gasteiger partial charge in [-0.05, 0) is 68.4 Å². The maximum atomic E-state index is 3.64. The molecule has 0 aromatic heterocycles. The van der Waals surface area contributed by atoms with Gasteiger partial charge in [-0.15, -0.1) is 0 Å². The zero-order valence-electron chi connectivity index (χ0n) is 13.5. The normalized spacial score (nSPS) is 27.6. The Bertz CT molecular complexity index is 209. The van der Waals surface area contributed by atoms with Gasteiger partial charge in [0.1, 0.15) is 0 Å². The van der Waals surface area contributed by atoms with E-state index in [9.17, 15) is 0 Å². The lowest BCUT2D eigenvalue weighted by molar-refractivity contribution is 0.128. The predicted octanol–water partition coefficient (Wildman–Crippen LogP) is 5.11. The summed E-state index contributed by atoms with van der Waals surface area (Å²) >= 11 is 2.00. The van der Waals surface area contributed by atoms with Crippen LogP contribution in [0.15, 0.2) is 0 Å². The van der Waals surface area contributed by atoms with Gasteiger partial charge in [0.2, 0.25) is 0 Å². The Morgan fingerprint density at radius 1 is 1.16 bits per heavy atom. The van der Waals surface area contributed by atoms with E-state index >= 15 is 0 Å². The molecule has 1 aliphatic rings. The highest BCUT2D eigenvalue weighted by Crippen LogP contribution is 2.43. The standard InChI is InChI=1S/C17H35NS/c1-4-6-8-16-9-12-17(13-10-16,15-18-5-2)11-7-14-19-3/h16,18H,4-15H2,1-3H3. The van der Waals surface area contributed by atoms with Gasteiger partial charge in [0.25, 0.3) is 0 Å². The molecule has 0 saturated heterocycles. The van der Waals surface area contributed by atoms with Gasteiger partial charge in [-0.25, -0.2) is 0 Å². The number of hydrogen-bond donors (Lipinski definition) is 1. The third-order valence-electron chi connectivity index (χ3n) is 4.94. The third-order valence-corrected chi connectivity index (χ3v) is 5.63. The summed E-state index contributed by atoms with van der Waals surface area (Å²) in [5.74, 6) is 2.38. The van der Waals surface area contributed by atoms with E-state index in [0.717, 1.165) is 12.5 Å². The molecule has 0 radical (unpaired) electrons. The minimum absolute atomic E-state index is 0.633. The molecule has 0 bridgehead atoms. The van der Waals surface area contributed by atoms with Gasteiger partial charge in [0, 0.05) is 6.54 Å². The zero-order chi connectivity index (χ0) is 14.0. The summed E-state index contributed by atoms with van der Waals surface area (Å²) in [4.78, 5) is 0. The highest BCUT2D eigenvalue weighted by Gasteiger charge is 2.34. The molecular weight excluding hydrogens is 250 g/mol. The second-order valence-electron chi connectivity index (χ2n) is 6.46. The molecule has 114 valence electrons. The molecule has 1 aliphatic carbocycles. The van der Waals surface area contributed by atoms with Crippen molar-refractivity contribution >= 4 is 11.8 Å². The number of rotatable bonds is 10. The summed E-state index contributed by atoms with van der Waals surface area (Å²) in [6.07, 6.45) is 15.3. The number of unbranched alkanes of at least 4 members (excludes halogenated alkanes) is 1. The molecule has 0 aromatic carbocycles. The van der Waals surface area contributed by atoms with Crippen LogP contribution in [0, 0.1) is 11.3 Å². The molecule has 1 saturated carbocycles. The first kappa shape index (κ1) is 17.4. The molecule has 0 amide bonds. The van der Waals surface area contributed by atoms with Crippen LogP contribution in [0.3, 0.4) is 0 Å². The van der Waals surface area contributed by atoms with Gasteiger partial charge in [-0.2, -0.15) is 11.8 Å². The maximum absolute atomic E-state index is 3.64. The molecule has 0 spiro atoms. The summed E-state index contributed by atoms with van der Waals surface area (Å²) < 4.78 is 0. The molecule has 2 heteroatoms. The van der Waals surface area contributed by atoms with Crippen molar-refractivity contribution in [1.82, 2.24) is 5.32 Å². The van der Waals surface area contributed by atoms with Crippen molar-refractivity contribution in [2.24, 2.45) is 11.3 Å². The molecule has 19 heavy (non-hydrogen) atoms. The Kier molecular flexibility index (Phi) is 9.23. The Hall–Kier alpha value is 0.310. The lowest BCUT2D eigenvalue weighted by atomic mass is 9.67. The zero-order valence-corrected chi connectivity index (χ0v) is 14.3. The van der Waals surface area contributed by atoms with Crippen molar-refractivity contribution in [3.8, 4) is 0 Å². The second-order valence-corrected chi connectivity index (χ2v) is 7.45. The predicted molar refractivity (Wildman–Crippen MR) is 90.1 cm³/mol. The molecule has 1 nitrogen and oxygen atoms in total. The Balaban J connectivity index is 2.39. The molecule has 0 atom stereocenters. The summed E-state index contributed by atoms with van der Waals surface area (Å²) in [6, 6.07) is 0. The number of thioether (sulfide) groups is 1. The summed E-state index contributed by atoms with van der Waals surface area (Å²) in [5, 5.41) is 3.64. The fourth-order valence-electron chi connectivity index (χ4n) is 3.57. The van der Waals surface area contributed by atoms with Crippen LogP contribution in [-0.4, -0.2) is 25.1 Å². The number of nitrogens with one attached hydrogen (secondary N) is 1. The first-order valence-corrected chi connectivity index (χ1v) is 9.85. The van der Waals surface area contributed by atoms with Crippen LogP contribution in [0.1, 0.15) is 71.6 Å². The van der Waals surface area contributed by atoms with Gasteiger partial charge in [-0.3, -0.25) is 0 Å². The molecule has 1 fully saturated rings. The molecule has 1 rings (SSSR count). The topological polar surface area (TPSA) is 12.0 Å². The van der Waals surface area contributed by atoms with Crippen molar-refractivity contribution in [1.29, 1.82) is 0 Å². The van der Waals surface area contributed by atoms with Gasteiger partial charge >= 0.3 is 0 Å². The van der Waals surface area contributed by atoms with E-state index in [1.807, 2.05) is 11.8 Å². The fourth-order valence-corrected chi connectivity index (χ4v) is 4.00. The van der Waals surface area contributed by atoms with Crippen LogP contribution in [0.25, 0.3) is 0 Å². The van der Waals surface area contributed by atoms with E-state index < -0.39 is 0 Å². The van der Waals surface area contributed by atoms with Crippen LogP contribution in [0.2, 0.25) is 0 Å². The molecule has 0 unspecified atom stereocenters. The summed E-state index contributed by atoms with van der Waals surface area (Å²) in [5.41, 5.74) is 0.633. The van der Waals surface area contributed by atoms with Crippen molar-refractivity contribution in [3.63, 3.8) is 0 Å². The maximum Gasteiger partial charge on any atom is 0.000770 e. The fraction of sp³-hybridized carbons (Fsp3) is 1.00. The van der Waals surface area contributed by atoms with Crippen molar-refractivity contribution in [3.05, 3.63) is 0 Å². The summed E-state index contributed by atoms with van der Waals surface area (Å²) in [7, 11) is 0. The van der Waals surface area contributed by atoms with E-state index in [1.54, 1.807) is 0 Å². The van der Waals surface area contributed by atoms with E-state index in [1.165, 1.54) is 70.1 Å². The van der Waals surface area contributed by atoms with Crippen molar-refractivity contribution in [2.45, 2.75) is 71.6 Å². The molecule has 0 aliphatic heterocycles. The van der Waals surface area contributed by atoms with Gasteiger partial charge in [0.15, 0.2) is 0 Å². The van der Waals surface area contributed by atoms with E-state index in [2.05, 4.69) is 25.4 Å². The van der Waals surface area contributed by atoms with Gasteiger partial charge < -0.3 is 5.32 Å². The van der Waals surface area contributed by atoms with Gasteiger partial charge in [-0.1, -0.05) is 33.1 Å². The molecule has 1 N–H and O–H groups in total. The van der Waals surface area contributed by atoms with Crippen LogP contribution >= 0.6 is 11.8 Å². The second kappa shape index (κ2) is 10.1. The third kappa shape index (κ3) is 6.53. The Labute approximate surface area is 125 Å². The monoisotopic (exact) mass is 285 g/mol. The quantitative estimate of drug-likeness (QED) is 0.560. The lowest BCUT2D eigenvalue weighted by Crippen LogP contribution is -2.38. The van der Waals surface area contributed by atoms with Crippen LogP contribution < -0.4 is 5.32 Å². The molecule has 0 aromatic rings. The highest BCUT2D eigenvalue weighted by atomic mass is 32.2. The first-order valence-electron chi connectivity index (χ1n) is 8.46. The average Bonchev–Trinajstić information content (AvgIpc) is 2.45. The van der Waals surface area contributed by atoms with Crippen LogP contribution in [0.4, 0.5) is 0 Å². The number of hydrogen-bond acceptors (Lipinski definition) is 2. The van der Waals surface area contributed by atoms with E-state index in [4.69, 9.17) is 0 Å². The smallest absolute Gasteiger partial charge is 0.000770 e. The van der Waals surface area contributed by atoms with Crippen molar-refractivity contribution in [2.75, 3.05) is 25.1 Å². The van der Waals surface area contributed by atoms with Crippen LogP contribution in [0.5, 0.6) is 0 Å². The van der Waals surface area contributed by atoms with E-state index in [-0.39, 0.29) is 0 Å². The largest absolute Gasteiger partial charge is 0.316 e. The average molecular weight is 286 g/mol. The highest BCUT2D eigenvalue weighted by molar-refractivity contribution is 7.98. The Morgan fingerprint density at radius 2 is 1.89 bits per heavy atom. The molecular formula is C17H35NS. The SMILES string of the molecule is CCCCC1CCC(CCCSC)(CNCC)CC1. The van der Waals surface area contributed by atoms with E-state index in [0.29, 0.717) is 5.41 Å². The van der Waals surface area contributed by atoms with Crippen molar-refractivity contribution < 1.29 is 0 Å². The lowest BCUT2D eigenvalue weighted by Gasteiger charge is -2.41. The minimum Gasteiger partial charge on any atom is -0.316 e.